The molecule has 1 aromatic heterocycles. The first kappa shape index (κ1) is 22.5. The van der Waals surface area contributed by atoms with E-state index in [4.69, 9.17) is 0 Å². The Morgan fingerprint density at radius 1 is 1.00 bits per heavy atom. The molecule has 4 bridgehead atoms. The first-order chi connectivity index (χ1) is 17.5. The molecule has 1 aliphatic heterocycles. The van der Waals surface area contributed by atoms with Gasteiger partial charge in [-0.3, -0.25) is 9.59 Å². The van der Waals surface area contributed by atoms with Crippen molar-refractivity contribution in [2.75, 3.05) is 9.33 Å². The summed E-state index contributed by atoms with van der Waals surface area (Å²) < 4.78 is 0.874. The fourth-order valence-corrected chi connectivity index (χ4v) is 11.5. The molecule has 2 aromatic rings. The maximum atomic E-state index is 14.7. The van der Waals surface area contributed by atoms with Crippen molar-refractivity contribution in [2.45, 2.75) is 63.2 Å². The van der Waals surface area contributed by atoms with Gasteiger partial charge in [-0.25, -0.2) is 4.90 Å². The SMILES string of the molecule is Cc1cc2c(s1)C1(C3CC4CC(C3)CC1C4)C1C(=O)N(c3cccc(C4CC4)c3)C(=O)C1C=C2CI. The van der Waals surface area contributed by atoms with Gasteiger partial charge < -0.3 is 0 Å². The Labute approximate surface area is 230 Å². The Morgan fingerprint density at radius 2 is 1.72 bits per heavy atom. The Hall–Kier alpha value is -1.47. The average Bonchev–Trinajstić information content (AvgIpc) is 3.61. The molecule has 0 radical (unpaired) electrons. The van der Waals surface area contributed by atoms with E-state index in [9.17, 15) is 9.59 Å². The summed E-state index contributed by atoms with van der Waals surface area (Å²) in [6, 6.07) is 10.7. The quantitative estimate of drug-likeness (QED) is 0.209. The summed E-state index contributed by atoms with van der Waals surface area (Å²) in [6.07, 6.45) is 11.0. The second kappa shape index (κ2) is 7.78. The Kier molecular flexibility index (Phi) is 4.86. The van der Waals surface area contributed by atoms with Crippen LogP contribution < -0.4 is 4.90 Å². The van der Waals surface area contributed by atoms with E-state index in [1.807, 2.05) is 23.5 Å². The van der Waals surface area contributed by atoms with E-state index < -0.39 is 0 Å². The Balaban J connectivity index is 1.34. The molecule has 5 heteroatoms. The topological polar surface area (TPSA) is 37.4 Å². The summed E-state index contributed by atoms with van der Waals surface area (Å²) in [5, 5.41) is 0. The van der Waals surface area contributed by atoms with E-state index in [1.165, 1.54) is 71.4 Å². The summed E-state index contributed by atoms with van der Waals surface area (Å²) in [6.45, 7) is 2.22. The van der Waals surface area contributed by atoms with Crippen molar-refractivity contribution in [3.63, 3.8) is 0 Å². The summed E-state index contributed by atoms with van der Waals surface area (Å²) >= 11 is 4.40. The van der Waals surface area contributed by atoms with Crippen molar-refractivity contribution in [1.29, 1.82) is 0 Å². The fourth-order valence-electron chi connectivity index (χ4n) is 9.43. The van der Waals surface area contributed by atoms with E-state index in [0.29, 0.717) is 17.8 Å². The van der Waals surface area contributed by atoms with E-state index in [2.05, 4.69) is 53.8 Å². The summed E-state index contributed by atoms with van der Waals surface area (Å²) in [4.78, 5) is 33.4. The van der Waals surface area contributed by atoms with E-state index in [0.717, 1.165) is 22.0 Å². The van der Waals surface area contributed by atoms with Gasteiger partial charge in [-0.05, 0) is 116 Å². The number of aryl methyl sites for hydroxylation is 1. The normalized spacial score (nSPS) is 38.4. The molecule has 2 heterocycles. The molecule has 2 atom stereocenters. The largest absolute Gasteiger partial charge is 0.274 e. The van der Waals surface area contributed by atoms with E-state index in [-0.39, 0.29) is 29.1 Å². The minimum atomic E-state index is -0.343. The van der Waals surface area contributed by atoms with E-state index in [1.54, 1.807) is 4.90 Å². The van der Waals surface area contributed by atoms with Crippen LogP contribution in [0.5, 0.6) is 0 Å². The number of allylic oxidation sites excluding steroid dienone is 1. The van der Waals surface area contributed by atoms with Crippen molar-refractivity contribution in [3.05, 3.63) is 57.3 Å². The maximum Gasteiger partial charge on any atom is 0.241 e. The molecule has 6 fully saturated rings. The van der Waals surface area contributed by atoms with Gasteiger partial charge in [0, 0.05) is 19.6 Å². The number of rotatable bonds is 3. The fraction of sp³-hybridized carbons (Fsp3) is 0.548. The highest BCUT2D eigenvalue weighted by Crippen LogP contribution is 2.69. The van der Waals surface area contributed by atoms with Gasteiger partial charge in [0.1, 0.15) is 0 Å². The predicted molar refractivity (Wildman–Crippen MR) is 153 cm³/mol. The molecule has 1 saturated heterocycles. The van der Waals surface area contributed by atoms with Crippen LogP contribution in [0.25, 0.3) is 5.57 Å². The number of carbonyl (C=O) groups excluding carboxylic acids is 2. The molecule has 0 N–H and O–H groups in total. The lowest BCUT2D eigenvalue weighted by Crippen LogP contribution is -2.61. The minimum absolute atomic E-state index is 0.0142. The second-order valence-corrected chi connectivity index (χ2v) is 14.6. The van der Waals surface area contributed by atoms with Gasteiger partial charge in [0.2, 0.25) is 11.8 Å². The molecule has 2 unspecified atom stereocenters. The molecule has 3 nitrogen and oxygen atoms in total. The molecule has 2 amide bonds. The van der Waals surface area contributed by atoms with Gasteiger partial charge in [0.05, 0.1) is 17.5 Å². The number of nitrogens with zero attached hydrogens (tertiary/aromatic N) is 1. The van der Waals surface area contributed by atoms with Crippen molar-refractivity contribution >= 4 is 57.0 Å². The van der Waals surface area contributed by atoms with Crippen LogP contribution in [-0.2, 0) is 15.0 Å². The zero-order valence-electron chi connectivity index (χ0n) is 20.7. The van der Waals surface area contributed by atoms with Gasteiger partial charge in [0.25, 0.3) is 0 Å². The minimum Gasteiger partial charge on any atom is -0.274 e. The van der Waals surface area contributed by atoms with Gasteiger partial charge in [-0.2, -0.15) is 0 Å². The third-order valence-electron chi connectivity index (χ3n) is 10.7. The van der Waals surface area contributed by atoms with Crippen molar-refractivity contribution < 1.29 is 9.59 Å². The van der Waals surface area contributed by atoms with Crippen LogP contribution >= 0.6 is 33.9 Å². The highest BCUT2D eigenvalue weighted by Gasteiger charge is 2.69. The molecule has 5 saturated carbocycles. The van der Waals surface area contributed by atoms with Gasteiger partial charge in [0.15, 0.2) is 0 Å². The Morgan fingerprint density at radius 3 is 2.39 bits per heavy atom. The smallest absolute Gasteiger partial charge is 0.241 e. The van der Waals surface area contributed by atoms with E-state index >= 15 is 0 Å². The average molecular weight is 610 g/mol. The number of fused-ring (bicyclic) bond motifs is 2. The number of imide groups is 1. The molecule has 1 aromatic carbocycles. The van der Waals surface area contributed by atoms with Gasteiger partial charge in [-0.1, -0.05) is 40.8 Å². The number of amides is 2. The maximum absolute atomic E-state index is 14.7. The molecule has 186 valence electrons. The highest BCUT2D eigenvalue weighted by atomic mass is 127. The lowest BCUT2D eigenvalue weighted by molar-refractivity contribution is -0.136. The number of hydrogen-bond acceptors (Lipinski definition) is 3. The first-order valence-corrected chi connectivity index (χ1v) is 16.2. The molecule has 36 heavy (non-hydrogen) atoms. The lowest BCUT2D eigenvalue weighted by Gasteiger charge is -2.63. The summed E-state index contributed by atoms with van der Waals surface area (Å²) in [7, 11) is 0. The van der Waals surface area contributed by atoms with Crippen LogP contribution in [0.1, 0.15) is 71.7 Å². The lowest BCUT2D eigenvalue weighted by atomic mass is 9.41. The standard InChI is InChI=1S/C31H32INO2S/c1-16-7-25-21(15-32)14-26-27(30(35)33(29(26)34)24-4-2-3-20(13-24)19-5-6-19)31(28(25)36-16)22-9-17-8-18(11-22)12-23(31)10-17/h2-4,7,13-14,17-19,22-23,26-27H,5-6,8-12,15H2,1H3. The third kappa shape index (κ3) is 2.90. The molecule has 6 aliphatic carbocycles. The zero-order valence-corrected chi connectivity index (χ0v) is 23.7. The molecular formula is C31H32INO2S. The molecule has 9 rings (SSSR count). The summed E-state index contributed by atoms with van der Waals surface area (Å²) in [5.41, 5.74) is 4.52. The monoisotopic (exact) mass is 609 g/mol. The van der Waals surface area contributed by atoms with Crippen molar-refractivity contribution in [2.24, 2.45) is 35.5 Å². The zero-order chi connectivity index (χ0) is 24.3. The number of halogens is 1. The molecular weight excluding hydrogens is 577 g/mol. The van der Waals surface area contributed by atoms with Crippen LogP contribution in [0.3, 0.4) is 0 Å². The summed E-state index contributed by atoms with van der Waals surface area (Å²) in [5.74, 6) is 2.77. The number of anilines is 1. The van der Waals surface area contributed by atoms with Gasteiger partial charge >= 0.3 is 0 Å². The van der Waals surface area contributed by atoms with Crippen LogP contribution in [0.4, 0.5) is 5.69 Å². The highest BCUT2D eigenvalue weighted by molar-refractivity contribution is 14.1. The number of alkyl halides is 1. The van der Waals surface area contributed by atoms with Gasteiger partial charge in [-0.15, -0.1) is 11.3 Å². The number of hydrogen-bond donors (Lipinski definition) is 0. The molecule has 7 aliphatic rings. The van der Waals surface area contributed by atoms with Crippen LogP contribution in [0.15, 0.2) is 36.4 Å². The van der Waals surface area contributed by atoms with Crippen LogP contribution in [0, 0.1) is 42.4 Å². The predicted octanol–water partition coefficient (Wildman–Crippen LogP) is 7.27. The third-order valence-corrected chi connectivity index (χ3v) is 12.7. The second-order valence-electron chi connectivity index (χ2n) is 12.5. The number of thiophene rings is 1. The number of benzene rings is 1. The first-order valence-electron chi connectivity index (χ1n) is 13.8. The number of carbonyl (C=O) groups is 2. The van der Waals surface area contributed by atoms with Crippen molar-refractivity contribution in [3.8, 4) is 0 Å². The Bertz CT molecular complexity index is 1310. The van der Waals surface area contributed by atoms with Crippen molar-refractivity contribution in [1.82, 2.24) is 0 Å². The van der Waals surface area contributed by atoms with Crippen LogP contribution in [-0.4, -0.2) is 16.2 Å². The molecule has 1 spiro atoms. The van der Waals surface area contributed by atoms with Crippen LogP contribution in [0.2, 0.25) is 0 Å².